The van der Waals surface area contributed by atoms with E-state index in [1.807, 2.05) is 24.3 Å². The summed E-state index contributed by atoms with van der Waals surface area (Å²) in [5, 5.41) is 5.35. The van der Waals surface area contributed by atoms with Crippen molar-refractivity contribution >= 4 is 40.0 Å². The molecule has 10 heteroatoms. The van der Waals surface area contributed by atoms with Crippen LogP contribution in [0.2, 0.25) is 0 Å². The second kappa shape index (κ2) is 11.2. The molecule has 8 nitrogen and oxygen atoms in total. The van der Waals surface area contributed by atoms with Crippen LogP contribution in [0.25, 0.3) is 22.4 Å². The van der Waals surface area contributed by atoms with Crippen LogP contribution < -0.4 is 15.4 Å². The van der Waals surface area contributed by atoms with Crippen molar-refractivity contribution in [3.63, 3.8) is 0 Å². The summed E-state index contributed by atoms with van der Waals surface area (Å²) in [4.78, 5) is 28.0. The van der Waals surface area contributed by atoms with Crippen LogP contribution in [0.15, 0.2) is 91.9 Å². The predicted octanol–water partition coefficient (Wildman–Crippen LogP) is 5.45. The number of nitrogens with zero attached hydrogens (tertiary/aromatic N) is 3. The number of amides is 1. The van der Waals surface area contributed by atoms with Gasteiger partial charge in [0.05, 0.1) is 23.3 Å². The molecular formula is C26H21FN6O2S. The first-order chi connectivity index (χ1) is 17.5. The third-order valence-electron chi connectivity index (χ3n) is 4.93. The molecule has 3 aromatic heterocycles. The fourth-order valence-corrected chi connectivity index (χ4v) is 3.52. The zero-order chi connectivity index (χ0) is 25.5. The number of H-pyrrole nitrogens is 1. The lowest BCUT2D eigenvalue weighted by atomic mass is 10.1. The largest absolute Gasteiger partial charge is 0.434 e. The number of aromatic amines is 1. The molecule has 1 aromatic carbocycles. The fraction of sp³-hybridized carbons (Fsp3) is 0.0385. The lowest BCUT2D eigenvalue weighted by Gasteiger charge is -2.11. The van der Waals surface area contributed by atoms with Crippen LogP contribution in [0, 0.1) is 5.82 Å². The topological polar surface area (TPSA) is 105 Å². The van der Waals surface area contributed by atoms with E-state index in [0.717, 1.165) is 11.4 Å². The summed E-state index contributed by atoms with van der Waals surface area (Å²) in [5.41, 5.74) is 3.58. The van der Waals surface area contributed by atoms with Gasteiger partial charge in [0.2, 0.25) is 11.8 Å². The Labute approximate surface area is 211 Å². The summed E-state index contributed by atoms with van der Waals surface area (Å²) in [7, 11) is 0. The molecule has 4 aromatic rings. The average Bonchev–Trinajstić information content (AvgIpc) is 3.31. The molecule has 0 bridgehead atoms. The first-order valence-corrected chi connectivity index (χ1v) is 11.1. The van der Waals surface area contributed by atoms with Gasteiger partial charge in [0.1, 0.15) is 11.8 Å². The third-order valence-corrected chi connectivity index (χ3v) is 5.14. The zero-order valence-corrected chi connectivity index (χ0v) is 19.8. The predicted molar refractivity (Wildman–Crippen MR) is 141 cm³/mol. The Balaban J connectivity index is 1.45. The quantitative estimate of drug-likeness (QED) is 0.218. The number of nitrogens with one attached hydrogen (secondary N) is 3. The summed E-state index contributed by atoms with van der Waals surface area (Å²) in [6, 6.07) is 11.6. The summed E-state index contributed by atoms with van der Waals surface area (Å²) in [6.45, 7) is 7.24. The number of halogens is 1. The van der Waals surface area contributed by atoms with Gasteiger partial charge in [-0.05, 0) is 48.1 Å². The lowest BCUT2D eigenvalue weighted by Crippen LogP contribution is -2.34. The van der Waals surface area contributed by atoms with Gasteiger partial charge in [0.15, 0.2) is 16.7 Å². The van der Waals surface area contributed by atoms with Crippen molar-refractivity contribution < 1.29 is 13.9 Å². The van der Waals surface area contributed by atoms with Gasteiger partial charge in [-0.15, -0.1) is 0 Å². The van der Waals surface area contributed by atoms with Crippen molar-refractivity contribution in [1.29, 1.82) is 0 Å². The molecule has 0 saturated heterocycles. The molecule has 180 valence electrons. The summed E-state index contributed by atoms with van der Waals surface area (Å²) in [6.07, 6.45) is 7.90. The molecule has 0 aliphatic carbocycles. The maximum Gasteiger partial charge on any atom is 0.247 e. The Kier molecular flexibility index (Phi) is 7.57. The van der Waals surface area contributed by atoms with E-state index >= 15 is 0 Å². The molecular weight excluding hydrogens is 479 g/mol. The smallest absolute Gasteiger partial charge is 0.247 e. The Morgan fingerprint density at radius 3 is 2.75 bits per heavy atom. The minimum Gasteiger partial charge on any atom is -0.434 e. The number of anilines is 1. The number of carbonyl (C=O) groups is 1. The van der Waals surface area contributed by atoms with E-state index in [-0.39, 0.29) is 29.1 Å². The molecule has 3 N–H and O–H groups in total. The Bertz CT molecular complexity index is 1480. The van der Waals surface area contributed by atoms with Crippen molar-refractivity contribution in [1.82, 2.24) is 25.3 Å². The first-order valence-electron chi connectivity index (χ1n) is 10.7. The van der Waals surface area contributed by atoms with E-state index in [0.29, 0.717) is 22.3 Å². The number of hydrogen-bond acceptors (Lipinski definition) is 6. The van der Waals surface area contributed by atoms with Crippen LogP contribution >= 0.6 is 12.2 Å². The van der Waals surface area contributed by atoms with Crippen LogP contribution in [0.4, 0.5) is 10.1 Å². The molecule has 0 unspecified atom stereocenters. The van der Waals surface area contributed by atoms with Crippen LogP contribution in [-0.4, -0.2) is 31.0 Å². The highest BCUT2D eigenvalue weighted by Gasteiger charge is 2.14. The van der Waals surface area contributed by atoms with Crippen LogP contribution in [0.3, 0.4) is 0 Å². The lowest BCUT2D eigenvalue weighted by molar-refractivity contribution is -0.118. The van der Waals surface area contributed by atoms with Crippen molar-refractivity contribution in [2.24, 2.45) is 0 Å². The minimum atomic E-state index is -0.653. The van der Waals surface area contributed by atoms with Gasteiger partial charge >= 0.3 is 0 Å². The molecule has 3 heterocycles. The minimum absolute atomic E-state index is 0.0287. The van der Waals surface area contributed by atoms with Crippen LogP contribution in [0.5, 0.6) is 11.6 Å². The number of allylic oxidation sites excluding steroid dienone is 3. The van der Waals surface area contributed by atoms with E-state index in [4.69, 9.17) is 17.0 Å². The molecule has 0 aliphatic rings. The molecule has 0 atom stereocenters. The number of thiocarbonyl (C=S) groups is 1. The molecule has 4 rings (SSSR count). The van der Waals surface area contributed by atoms with Gasteiger partial charge in [-0.1, -0.05) is 37.5 Å². The maximum absolute atomic E-state index is 14.8. The first kappa shape index (κ1) is 24.4. The standard InChI is InChI=1S/C26H21FN6O2S/c1-3-7-16(4-2)12-23(34)33-26(36)31-17-9-10-22(18(27)13-17)35-25-24-21(29-15-30-25)14-20(32-24)19-8-5-6-11-28-19/h3-11,13-15,32H,1-2,12H2,(H2,31,33,34,36)/b16-7+. The number of hydrogen-bond donors (Lipinski definition) is 3. The van der Waals surface area contributed by atoms with E-state index < -0.39 is 5.82 Å². The van der Waals surface area contributed by atoms with Gasteiger partial charge in [-0.25, -0.2) is 9.37 Å². The molecule has 0 saturated carbocycles. The van der Waals surface area contributed by atoms with Gasteiger partial charge in [-0.2, -0.15) is 4.98 Å². The van der Waals surface area contributed by atoms with E-state index in [2.05, 4.69) is 43.7 Å². The number of aromatic nitrogens is 4. The van der Waals surface area contributed by atoms with Gasteiger partial charge < -0.3 is 20.4 Å². The van der Waals surface area contributed by atoms with Gasteiger partial charge in [-0.3, -0.25) is 9.78 Å². The van der Waals surface area contributed by atoms with E-state index in [1.54, 1.807) is 30.5 Å². The van der Waals surface area contributed by atoms with Gasteiger partial charge in [0, 0.05) is 18.0 Å². The molecule has 1 amide bonds. The Morgan fingerprint density at radius 2 is 2.03 bits per heavy atom. The van der Waals surface area contributed by atoms with Crippen molar-refractivity contribution in [3.05, 3.63) is 97.8 Å². The normalized spacial score (nSPS) is 11.1. The highest BCUT2D eigenvalue weighted by Crippen LogP contribution is 2.31. The number of pyridine rings is 1. The molecule has 0 fully saturated rings. The summed E-state index contributed by atoms with van der Waals surface area (Å²) >= 11 is 5.15. The van der Waals surface area contributed by atoms with Gasteiger partial charge in [0.25, 0.3) is 0 Å². The molecule has 36 heavy (non-hydrogen) atoms. The number of ether oxygens (including phenoxy) is 1. The summed E-state index contributed by atoms with van der Waals surface area (Å²) in [5.74, 6) is -0.880. The second-order valence-electron chi connectivity index (χ2n) is 7.44. The second-order valence-corrected chi connectivity index (χ2v) is 7.85. The molecule has 0 radical (unpaired) electrons. The summed E-state index contributed by atoms with van der Waals surface area (Å²) < 4.78 is 20.6. The zero-order valence-electron chi connectivity index (χ0n) is 19.0. The number of rotatable bonds is 8. The third kappa shape index (κ3) is 5.86. The average molecular weight is 501 g/mol. The maximum atomic E-state index is 14.8. The van der Waals surface area contributed by atoms with E-state index in [9.17, 15) is 9.18 Å². The van der Waals surface area contributed by atoms with Crippen LogP contribution in [-0.2, 0) is 4.79 Å². The SMILES string of the molecule is C=C/C=C(\C=C)CC(=O)NC(=S)Nc1ccc(Oc2ncnc3cc(-c4ccccn4)[nH]c23)c(F)c1. The highest BCUT2D eigenvalue weighted by molar-refractivity contribution is 7.80. The van der Waals surface area contributed by atoms with Crippen LogP contribution in [0.1, 0.15) is 6.42 Å². The fourth-order valence-electron chi connectivity index (χ4n) is 3.29. The number of fused-ring (bicyclic) bond motifs is 1. The monoisotopic (exact) mass is 500 g/mol. The molecule has 0 spiro atoms. The Hall–Kier alpha value is -4.70. The number of carbonyl (C=O) groups excluding carboxylic acids is 1. The molecule has 0 aliphatic heterocycles. The van der Waals surface area contributed by atoms with Crippen molar-refractivity contribution in [3.8, 4) is 23.0 Å². The highest BCUT2D eigenvalue weighted by atomic mass is 32.1. The Morgan fingerprint density at radius 1 is 1.17 bits per heavy atom. The van der Waals surface area contributed by atoms with Crippen molar-refractivity contribution in [2.75, 3.05) is 5.32 Å². The number of benzene rings is 1. The van der Waals surface area contributed by atoms with Crippen molar-refractivity contribution in [2.45, 2.75) is 6.42 Å². The van der Waals surface area contributed by atoms with E-state index in [1.165, 1.54) is 18.5 Å².